The highest BCUT2D eigenvalue weighted by Gasteiger charge is 2.33. The number of anilines is 1. The summed E-state index contributed by atoms with van der Waals surface area (Å²) in [4.78, 5) is 10.9. The average Bonchev–Trinajstić information content (AvgIpc) is 3.11. The largest absolute Gasteiger partial charge is 0.396 e. The highest BCUT2D eigenvalue weighted by atomic mass is 35.5. The van der Waals surface area contributed by atoms with Crippen molar-refractivity contribution in [2.24, 2.45) is 5.41 Å². The lowest BCUT2D eigenvalue weighted by molar-refractivity contribution is 0.142. The van der Waals surface area contributed by atoms with Crippen LogP contribution in [0.4, 0.5) is 5.82 Å². The number of hydrogen-bond acceptors (Lipinski definition) is 5. The van der Waals surface area contributed by atoms with E-state index in [1.807, 2.05) is 0 Å². The first kappa shape index (κ1) is 15.0. The molecule has 1 aliphatic rings. The van der Waals surface area contributed by atoms with E-state index in [0.29, 0.717) is 0 Å². The molecule has 2 heterocycles. The summed E-state index contributed by atoms with van der Waals surface area (Å²) in [5.41, 5.74) is -0.00659. The summed E-state index contributed by atoms with van der Waals surface area (Å²) in [5.74, 6) is 0.792. The van der Waals surface area contributed by atoms with E-state index in [1.165, 1.54) is 17.7 Å². The van der Waals surface area contributed by atoms with Crippen LogP contribution >= 0.6 is 22.9 Å². The van der Waals surface area contributed by atoms with Gasteiger partial charge >= 0.3 is 0 Å². The van der Waals surface area contributed by atoms with E-state index in [1.54, 1.807) is 11.3 Å². The number of aromatic nitrogens is 2. The number of nitrogens with one attached hydrogen (secondary N) is 1. The Balaban J connectivity index is 1.87. The van der Waals surface area contributed by atoms with Crippen molar-refractivity contribution < 1.29 is 5.11 Å². The van der Waals surface area contributed by atoms with Gasteiger partial charge in [-0.05, 0) is 36.9 Å². The smallest absolute Gasteiger partial charge is 0.225 e. The molecule has 1 fully saturated rings. The molecule has 2 aromatic rings. The van der Waals surface area contributed by atoms with Crippen LogP contribution in [0.2, 0.25) is 5.28 Å². The molecule has 0 aromatic carbocycles. The number of aliphatic hydroxyl groups is 1. The molecule has 1 saturated carbocycles. The van der Waals surface area contributed by atoms with Gasteiger partial charge < -0.3 is 10.4 Å². The molecule has 0 aliphatic heterocycles. The summed E-state index contributed by atoms with van der Waals surface area (Å²) in [6, 6.07) is 2.14. The maximum atomic E-state index is 9.71. The van der Waals surface area contributed by atoms with Crippen molar-refractivity contribution in [3.05, 3.63) is 16.2 Å². The first-order chi connectivity index (χ1) is 10.2. The van der Waals surface area contributed by atoms with Gasteiger partial charge in [-0.15, -0.1) is 11.3 Å². The van der Waals surface area contributed by atoms with Crippen molar-refractivity contribution in [3.63, 3.8) is 0 Å². The van der Waals surface area contributed by atoms with Crippen molar-refractivity contribution in [3.8, 4) is 0 Å². The number of thiophene rings is 1. The van der Waals surface area contributed by atoms with Crippen molar-refractivity contribution in [1.82, 2.24) is 9.97 Å². The third kappa shape index (κ3) is 3.00. The van der Waals surface area contributed by atoms with Gasteiger partial charge in [0.15, 0.2) is 0 Å². The number of aliphatic hydroxyl groups excluding tert-OH is 1. The van der Waals surface area contributed by atoms with Crippen LogP contribution in [0.25, 0.3) is 10.2 Å². The average molecular weight is 326 g/mol. The Labute approximate surface area is 133 Å². The minimum absolute atomic E-state index is 0.00659. The van der Waals surface area contributed by atoms with Gasteiger partial charge in [0.2, 0.25) is 5.28 Å². The maximum Gasteiger partial charge on any atom is 0.225 e. The van der Waals surface area contributed by atoms with Gasteiger partial charge in [0, 0.05) is 16.8 Å². The van der Waals surface area contributed by atoms with E-state index in [0.717, 1.165) is 41.8 Å². The normalized spacial score (nSPS) is 17.5. The van der Waals surface area contributed by atoms with Crippen LogP contribution in [0, 0.1) is 5.41 Å². The second-order valence-corrected chi connectivity index (χ2v) is 7.30. The molecule has 3 rings (SSSR count). The van der Waals surface area contributed by atoms with Gasteiger partial charge in [-0.2, -0.15) is 0 Å². The monoisotopic (exact) mass is 325 g/mol. The van der Waals surface area contributed by atoms with Gasteiger partial charge in [0.25, 0.3) is 0 Å². The number of halogens is 1. The zero-order valence-electron chi connectivity index (χ0n) is 12.2. The third-order valence-electron chi connectivity index (χ3n) is 4.40. The van der Waals surface area contributed by atoms with Crippen LogP contribution in [0.3, 0.4) is 0 Å². The molecular weight excluding hydrogens is 306 g/mol. The predicted octanol–water partition coefficient (Wildman–Crippen LogP) is 3.87. The molecule has 0 unspecified atom stereocenters. The fraction of sp³-hybridized carbons (Fsp3) is 0.600. The van der Waals surface area contributed by atoms with Crippen LogP contribution in [0.5, 0.6) is 0 Å². The molecule has 4 nitrogen and oxygen atoms in total. The number of hydrogen-bond donors (Lipinski definition) is 2. The summed E-state index contributed by atoms with van der Waals surface area (Å²) in [6.45, 7) is 3.10. The van der Waals surface area contributed by atoms with E-state index in [9.17, 15) is 5.11 Å². The molecule has 0 radical (unpaired) electrons. The summed E-state index contributed by atoms with van der Waals surface area (Å²) in [7, 11) is 0. The van der Waals surface area contributed by atoms with E-state index in [2.05, 4.69) is 28.3 Å². The molecule has 114 valence electrons. The number of nitrogens with zero attached hydrogens (tertiary/aromatic N) is 2. The van der Waals surface area contributed by atoms with Crippen LogP contribution in [0.15, 0.2) is 6.07 Å². The van der Waals surface area contributed by atoms with Crippen LogP contribution in [-0.2, 0) is 6.42 Å². The van der Waals surface area contributed by atoms with Gasteiger partial charge in [-0.1, -0.05) is 19.8 Å². The fourth-order valence-corrected chi connectivity index (χ4v) is 4.23. The molecule has 2 aromatic heterocycles. The van der Waals surface area contributed by atoms with Crippen molar-refractivity contribution in [2.75, 3.05) is 18.5 Å². The Morgan fingerprint density at radius 1 is 1.38 bits per heavy atom. The van der Waals surface area contributed by atoms with E-state index >= 15 is 0 Å². The Kier molecular flexibility index (Phi) is 4.33. The lowest BCUT2D eigenvalue weighted by Crippen LogP contribution is -2.30. The molecule has 0 spiro atoms. The standard InChI is InChI=1S/C15H20ClN3OS/c1-2-10-7-11-12(18-14(16)19-13(11)21-10)17-8-15(9-20)5-3-4-6-15/h7,20H,2-6,8-9H2,1H3,(H,17,18,19). The summed E-state index contributed by atoms with van der Waals surface area (Å²) in [5, 5.41) is 14.4. The lowest BCUT2D eigenvalue weighted by Gasteiger charge is -2.27. The topological polar surface area (TPSA) is 58.0 Å². The van der Waals surface area contributed by atoms with Gasteiger partial charge in [-0.3, -0.25) is 0 Å². The highest BCUT2D eigenvalue weighted by Crippen LogP contribution is 2.38. The van der Waals surface area contributed by atoms with Crippen LogP contribution in [-0.4, -0.2) is 28.2 Å². The fourth-order valence-electron chi connectivity index (χ4n) is 3.04. The maximum absolute atomic E-state index is 9.71. The minimum atomic E-state index is -0.00659. The molecule has 0 atom stereocenters. The number of aryl methyl sites for hydroxylation is 1. The molecule has 0 bridgehead atoms. The predicted molar refractivity (Wildman–Crippen MR) is 88.3 cm³/mol. The van der Waals surface area contributed by atoms with Crippen molar-refractivity contribution in [2.45, 2.75) is 39.0 Å². The highest BCUT2D eigenvalue weighted by molar-refractivity contribution is 7.18. The van der Waals surface area contributed by atoms with Crippen molar-refractivity contribution >= 4 is 39.0 Å². The summed E-state index contributed by atoms with van der Waals surface area (Å²) in [6.07, 6.45) is 5.52. The molecule has 2 N–H and O–H groups in total. The summed E-state index contributed by atoms with van der Waals surface area (Å²) >= 11 is 7.70. The number of fused-ring (bicyclic) bond motifs is 1. The van der Waals surface area contributed by atoms with Gasteiger partial charge in [-0.25, -0.2) is 9.97 Å². The Bertz CT molecular complexity index is 637. The van der Waals surface area contributed by atoms with Crippen LogP contribution < -0.4 is 5.32 Å². The Morgan fingerprint density at radius 3 is 2.81 bits per heavy atom. The Hall–Kier alpha value is -0.910. The second-order valence-electron chi connectivity index (χ2n) is 5.85. The van der Waals surface area contributed by atoms with E-state index in [-0.39, 0.29) is 17.3 Å². The zero-order chi connectivity index (χ0) is 14.9. The van der Waals surface area contributed by atoms with E-state index in [4.69, 9.17) is 11.6 Å². The van der Waals surface area contributed by atoms with Crippen LogP contribution in [0.1, 0.15) is 37.5 Å². The molecule has 0 saturated heterocycles. The third-order valence-corrected chi connectivity index (χ3v) is 5.74. The first-order valence-electron chi connectivity index (χ1n) is 7.46. The van der Waals surface area contributed by atoms with Gasteiger partial charge in [0.05, 0.1) is 12.0 Å². The zero-order valence-corrected chi connectivity index (χ0v) is 13.7. The molecule has 6 heteroatoms. The first-order valence-corrected chi connectivity index (χ1v) is 8.66. The Morgan fingerprint density at radius 2 is 2.14 bits per heavy atom. The molecule has 1 aliphatic carbocycles. The second kappa shape index (κ2) is 6.07. The SMILES string of the molecule is CCc1cc2c(NCC3(CO)CCCC3)nc(Cl)nc2s1. The lowest BCUT2D eigenvalue weighted by atomic mass is 9.87. The molecular formula is C15H20ClN3OS. The van der Waals surface area contributed by atoms with E-state index < -0.39 is 0 Å². The number of rotatable bonds is 5. The summed E-state index contributed by atoms with van der Waals surface area (Å²) < 4.78 is 0. The molecule has 21 heavy (non-hydrogen) atoms. The van der Waals surface area contributed by atoms with Gasteiger partial charge in [0.1, 0.15) is 10.6 Å². The van der Waals surface area contributed by atoms with Crippen molar-refractivity contribution in [1.29, 1.82) is 0 Å². The molecule has 0 amide bonds. The quantitative estimate of drug-likeness (QED) is 0.819. The minimum Gasteiger partial charge on any atom is -0.396 e.